The van der Waals surface area contributed by atoms with E-state index in [1.165, 1.54) is 15.4 Å². The summed E-state index contributed by atoms with van der Waals surface area (Å²) in [4.78, 5) is 10.0. The van der Waals surface area contributed by atoms with Crippen molar-refractivity contribution in [2.75, 3.05) is 26.2 Å². The quantitative estimate of drug-likeness (QED) is 0.798. The molecule has 0 aromatic heterocycles. The van der Waals surface area contributed by atoms with Gasteiger partial charge in [-0.15, -0.1) is 0 Å². The van der Waals surface area contributed by atoms with E-state index in [4.69, 9.17) is 4.99 Å². The van der Waals surface area contributed by atoms with E-state index in [-0.39, 0.29) is 0 Å². The van der Waals surface area contributed by atoms with E-state index in [2.05, 4.69) is 58.8 Å². The second-order valence-electron chi connectivity index (χ2n) is 5.55. The fourth-order valence-corrected chi connectivity index (χ4v) is 3.97. The van der Waals surface area contributed by atoms with Gasteiger partial charge in [0.2, 0.25) is 0 Å². The number of fused-ring (bicyclic) bond motifs is 2. The van der Waals surface area contributed by atoms with Crippen LogP contribution in [0.1, 0.15) is 12.0 Å². The van der Waals surface area contributed by atoms with Crippen molar-refractivity contribution in [2.24, 2.45) is 4.99 Å². The average Bonchev–Trinajstić information content (AvgIpc) is 2.87. The van der Waals surface area contributed by atoms with E-state index >= 15 is 0 Å². The number of benzene rings is 1. The van der Waals surface area contributed by atoms with E-state index in [0.717, 1.165) is 44.1 Å². The van der Waals surface area contributed by atoms with Crippen LogP contribution in [0.25, 0.3) is 0 Å². The van der Waals surface area contributed by atoms with Crippen molar-refractivity contribution in [1.82, 2.24) is 10.2 Å². The zero-order valence-corrected chi connectivity index (χ0v) is 13.3. The van der Waals surface area contributed by atoms with Gasteiger partial charge in [-0.1, -0.05) is 48.2 Å². The lowest BCUT2D eigenvalue weighted by Crippen LogP contribution is -2.46. The van der Waals surface area contributed by atoms with Crippen LogP contribution in [-0.2, 0) is 0 Å². The van der Waals surface area contributed by atoms with Gasteiger partial charge < -0.3 is 10.2 Å². The molecule has 0 bridgehead atoms. The second kappa shape index (κ2) is 6.15. The average molecular weight is 309 g/mol. The Morgan fingerprint density at radius 1 is 1.14 bits per heavy atom. The summed E-state index contributed by atoms with van der Waals surface area (Å²) in [7, 11) is 0. The van der Waals surface area contributed by atoms with Gasteiger partial charge in [0.15, 0.2) is 0 Å². The third-order valence-electron chi connectivity index (χ3n) is 4.07. The number of hydrogen-bond donors (Lipinski definition) is 1. The highest BCUT2D eigenvalue weighted by Crippen LogP contribution is 2.39. The third kappa shape index (κ3) is 2.64. The van der Waals surface area contributed by atoms with Crippen LogP contribution in [-0.4, -0.2) is 36.9 Å². The summed E-state index contributed by atoms with van der Waals surface area (Å²) in [5, 5.41) is 3.42. The Labute approximate surface area is 135 Å². The molecule has 0 radical (unpaired) electrons. The van der Waals surface area contributed by atoms with Crippen LogP contribution in [0.5, 0.6) is 0 Å². The number of thioether (sulfide) groups is 1. The van der Waals surface area contributed by atoms with Crippen molar-refractivity contribution in [3.8, 4) is 0 Å². The first kappa shape index (κ1) is 13.9. The van der Waals surface area contributed by atoms with Crippen LogP contribution >= 0.6 is 11.8 Å². The molecule has 2 heterocycles. The van der Waals surface area contributed by atoms with E-state index in [1.54, 1.807) is 0 Å². The van der Waals surface area contributed by atoms with Crippen molar-refractivity contribution >= 4 is 17.6 Å². The van der Waals surface area contributed by atoms with Gasteiger partial charge in [0.25, 0.3) is 0 Å². The highest BCUT2D eigenvalue weighted by Gasteiger charge is 2.24. The van der Waals surface area contributed by atoms with Crippen LogP contribution < -0.4 is 5.32 Å². The number of rotatable bonds is 0. The lowest BCUT2D eigenvalue weighted by atomic mass is 10.1. The molecule has 0 amide bonds. The van der Waals surface area contributed by atoms with Gasteiger partial charge in [-0.3, -0.25) is 0 Å². The number of hydrogen-bond acceptors (Lipinski definition) is 4. The molecule has 1 aromatic carbocycles. The van der Waals surface area contributed by atoms with Crippen molar-refractivity contribution in [3.63, 3.8) is 0 Å². The summed E-state index contributed by atoms with van der Waals surface area (Å²) >= 11 is 1.83. The molecule has 0 saturated carbocycles. The molecule has 4 heteroatoms. The normalized spacial score (nSPS) is 20.9. The van der Waals surface area contributed by atoms with Crippen LogP contribution in [0.2, 0.25) is 0 Å². The van der Waals surface area contributed by atoms with Gasteiger partial charge >= 0.3 is 0 Å². The highest BCUT2D eigenvalue weighted by atomic mass is 32.2. The zero-order valence-electron chi connectivity index (χ0n) is 12.5. The topological polar surface area (TPSA) is 27.6 Å². The first-order valence-corrected chi connectivity index (χ1v) is 8.62. The standard InChI is InChI=1S/C18H19N3S/c1-2-7-15-17(9-3-1)22-16-8-5-4-6-14(16)18(20-15)21-12-10-19-11-13-21/h1,3-9,19H,2,10-13H2. The number of nitrogens with one attached hydrogen (secondary N) is 1. The molecule has 0 unspecified atom stereocenters. The third-order valence-corrected chi connectivity index (χ3v) is 5.22. The van der Waals surface area contributed by atoms with Gasteiger partial charge in [0.05, 0.1) is 5.70 Å². The number of allylic oxidation sites excluding steroid dienone is 4. The van der Waals surface area contributed by atoms with E-state index in [1.807, 2.05) is 11.8 Å². The molecule has 0 spiro atoms. The Morgan fingerprint density at radius 3 is 2.91 bits per heavy atom. The number of aliphatic imine (C=N–C) groups is 1. The zero-order chi connectivity index (χ0) is 14.8. The van der Waals surface area contributed by atoms with Gasteiger partial charge in [-0.2, -0.15) is 0 Å². The molecule has 3 nitrogen and oxygen atoms in total. The summed E-state index contributed by atoms with van der Waals surface area (Å²) in [6.07, 6.45) is 9.69. The number of piperazine rings is 1. The maximum absolute atomic E-state index is 5.07. The smallest absolute Gasteiger partial charge is 0.137 e. The summed E-state index contributed by atoms with van der Waals surface area (Å²) < 4.78 is 0. The highest BCUT2D eigenvalue weighted by molar-refractivity contribution is 8.03. The maximum Gasteiger partial charge on any atom is 0.137 e. The minimum absolute atomic E-state index is 0.949. The molecule has 112 valence electrons. The molecule has 1 N–H and O–H groups in total. The molecular weight excluding hydrogens is 290 g/mol. The fourth-order valence-electron chi connectivity index (χ4n) is 2.94. The maximum atomic E-state index is 5.07. The first-order chi connectivity index (χ1) is 10.9. The van der Waals surface area contributed by atoms with Crippen LogP contribution in [0.15, 0.2) is 69.1 Å². The molecule has 1 aliphatic carbocycles. The largest absolute Gasteiger partial charge is 0.354 e. The Balaban J connectivity index is 1.84. The van der Waals surface area contributed by atoms with Crippen molar-refractivity contribution in [2.45, 2.75) is 11.3 Å². The summed E-state index contributed by atoms with van der Waals surface area (Å²) in [5.74, 6) is 1.13. The van der Waals surface area contributed by atoms with Crippen molar-refractivity contribution in [3.05, 3.63) is 64.7 Å². The second-order valence-corrected chi connectivity index (χ2v) is 6.64. The first-order valence-electron chi connectivity index (χ1n) is 7.81. The predicted octanol–water partition coefficient (Wildman–Crippen LogP) is 3.17. The molecule has 3 aliphatic rings. The van der Waals surface area contributed by atoms with Crippen LogP contribution in [0.4, 0.5) is 0 Å². The summed E-state index contributed by atoms with van der Waals surface area (Å²) in [5.41, 5.74) is 2.37. The van der Waals surface area contributed by atoms with Crippen LogP contribution in [0, 0.1) is 0 Å². The Hall–Kier alpha value is -1.78. The SMILES string of the molecule is C1=CCC=C2N=C(N3CCNCC3)c3ccccc3SC2=C1. The molecule has 1 fully saturated rings. The lowest BCUT2D eigenvalue weighted by Gasteiger charge is -2.30. The molecule has 2 aliphatic heterocycles. The number of amidine groups is 1. The predicted molar refractivity (Wildman–Crippen MR) is 93.2 cm³/mol. The van der Waals surface area contributed by atoms with Gasteiger partial charge in [0, 0.05) is 41.5 Å². The molecule has 1 saturated heterocycles. The monoisotopic (exact) mass is 309 g/mol. The minimum atomic E-state index is 0.949. The summed E-state index contributed by atoms with van der Waals surface area (Å²) in [6.45, 7) is 4.08. The lowest BCUT2D eigenvalue weighted by molar-refractivity contribution is 0.357. The molecule has 4 rings (SSSR count). The van der Waals surface area contributed by atoms with Crippen molar-refractivity contribution < 1.29 is 0 Å². The van der Waals surface area contributed by atoms with E-state index in [9.17, 15) is 0 Å². The van der Waals surface area contributed by atoms with E-state index in [0.29, 0.717) is 0 Å². The van der Waals surface area contributed by atoms with Gasteiger partial charge in [0.1, 0.15) is 5.84 Å². The van der Waals surface area contributed by atoms with Gasteiger partial charge in [-0.05, 0) is 18.6 Å². The minimum Gasteiger partial charge on any atom is -0.354 e. The summed E-state index contributed by atoms with van der Waals surface area (Å²) in [6, 6.07) is 8.63. The Morgan fingerprint density at radius 2 is 2.00 bits per heavy atom. The van der Waals surface area contributed by atoms with E-state index < -0.39 is 0 Å². The fraction of sp³-hybridized carbons (Fsp3) is 0.278. The Kier molecular flexibility index (Phi) is 3.87. The molecule has 0 atom stereocenters. The Bertz CT molecular complexity index is 694. The molecular formula is C18H19N3S. The molecule has 22 heavy (non-hydrogen) atoms. The van der Waals surface area contributed by atoms with Crippen LogP contribution in [0.3, 0.4) is 0 Å². The van der Waals surface area contributed by atoms with Crippen molar-refractivity contribution in [1.29, 1.82) is 0 Å². The molecule has 1 aromatic rings. The van der Waals surface area contributed by atoms with Gasteiger partial charge in [-0.25, -0.2) is 4.99 Å². The number of nitrogens with zero attached hydrogens (tertiary/aromatic N) is 2.